The second-order valence-corrected chi connectivity index (χ2v) is 4.66. The lowest BCUT2D eigenvalue weighted by Crippen LogP contribution is -1.88. The minimum absolute atomic E-state index is 1.21. The van der Waals surface area contributed by atoms with E-state index in [0.717, 1.165) is 0 Å². The van der Waals surface area contributed by atoms with Crippen LogP contribution < -0.4 is 0 Å². The minimum atomic E-state index is 1.21. The van der Waals surface area contributed by atoms with Gasteiger partial charge in [0.1, 0.15) is 39.2 Å². The van der Waals surface area contributed by atoms with Crippen molar-refractivity contribution in [1.82, 2.24) is 0 Å². The summed E-state index contributed by atoms with van der Waals surface area (Å²) in [4.78, 5) is 1.89. The highest BCUT2D eigenvalue weighted by Crippen LogP contribution is 2.10. The van der Waals surface area contributed by atoms with E-state index in [1.807, 2.05) is 20.7 Å². The second-order valence-electron chi connectivity index (χ2n) is 4.13. The molecule has 0 aromatic heterocycles. The molecule has 0 aliphatic carbocycles. The summed E-state index contributed by atoms with van der Waals surface area (Å²) in [5, 5.41) is 0. The topological polar surface area (TPSA) is 0 Å². The Morgan fingerprint density at radius 3 is 1.67 bits per heavy atom. The van der Waals surface area contributed by atoms with Gasteiger partial charge in [-0.25, -0.2) is 0 Å². The van der Waals surface area contributed by atoms with Crippen molar-refractivity contribution in [1.29, 1.82) is 0 Å². The molecule has 0 nitrogen and oxygen atoms in total. The fourth-order valence-corrected chi connectivity index (χ4v) is 1.74. The Kier molecular flexibility index (Phi) is 9.77. The Balaban J connectivity index is 5.25. The van der Waals surface area contributed by atoms with Crippen molar-refractivity contribution in [2.24, 2.45) is 0 Å². The lowest BCUT2D eigenvalue weighted by Gasteiger charge is -2.01. The van der Waals surface area contributed by atoms with Crippen molar-refractivity contribution >= 4 is 55.2 Å². The van der Waals surface area contributed by atoms with Gasteiger partial charge >= 0.3 is 0 Å². The summed E-state index contributed by atoms with van der Waals surface area (Å²) < 4.78 is 0. The van der Waals surface area contributed by atoms with E-state index in [9.17, 15) is 0 Å². The molecule has 88 valence electrons. The van der Waals surface area contributed by atoms with Gasteiger partial charge in [-0.1, -0.05) is 56.7 Å². The maximum Gasteiger partial charge on any atom is 0.140 e. The molecule has 0 spiro atoms. The average molecular weight is 296 g/mol. The normalized spacial score (nSPS) is 15.8. The van der Waals surface area contributed by atoms with Crippen LogP contribution in [-0.4, -0.2) is 39.2 Å². The first-order valence-electron chi connectivity index (χ1n) is 6.15. The van der Waals surface area contributed by atoms with E-state index in [4.69, 9.17) is 0 Å². The van der Waals surface area contributed by atoms with Gasteiger partial charge in [-0.05, 0) is 16.6 Å². The van der Waals surface area contributed by atoms with E-state index >= 15 is 0 Å². The summed E-state index contributed by atoms with van der Waals surface area (Å²) in [6.07, 6.45) is 10.6. The van der Waals surface area contributed by atoms with Crippen LogP contribution in [-0.2, 0) is 0 Å². The Morgan fingerprint density at radius 2 is 1.17 bits per heavy atom. The standard InChI is InChI=1S/C12H18B5Br/c13-6-3-10(15)9(5-8-18)1-2-11(16)12(17)4-7-14/h1-8H,13-17H2/b2-1+,6-3+,7-4+,8-5+,10-9+,12-11-. The fourth-order valence-electron chi connectivity index (χ4n) is 1.46. The predicted molar refractivity (Wildman–Crippen MR) is 102 cm³/mol. The molecule has 0 aromatic rings. The van der Waals surface area contributed by atoms with Gasteiger partial charge in [0.2, 0.25) is 0 Å². The summed E-state index contributed by atoms with van der Waals surface area (Å²) in [5.41, 5.74) is 5.03. The Bertz CT molecular complexity index is 441. The van der Waals surface area contributed by atoms with Crippen LogP contribution in [0.3, 0.4) is 0 Å². The Hall–Kier alpha value is -0.755. The lowest BCUT2D eigenvalue weighted by atomic mass is 9.78. The molecule has 0 heterocycles. The van der Waals surface area contributed by atoms with Crippen molar-refractivity contribution in [3.63, 3.8) is 0 Å². The zero-order valence-corrected chi connectivity index (χ0v) is 13.6. The number of hydrogen-bond acceptors (Lipinski definition) is 0. The summed E-state index contributed by atoms with van der Waals surface area (Å²) in [6, 6.07) is 0. The first-order valence-corrected chi connectivity index (χ1v) is 7.07. The average Bonchev–Trinajstić information content (AvgIpc) is 2.34. The van der Waals surface area contributed by atoms with Crippen LogP contribution in [0.4, 0.5) is 0 Å². The van der Waals surface area contributed by atoms with Crippen LogP contribution in [0, 0.1) is 0 Å². The quantitative estimate of drug-likeness (QED) is 0.456. The molecule has 0 saturated heterocycles. The molecule has 0 bridgehead atoms. The van der Waals surface area contributed by atoms with Crippen LogP contribution in [0.2, 0.25) is 0 Å². The van der Waals surface area contributed by atoms with E-state index < -0.39 is 0 Å². The van der Waals surface area contributed by atoms with Crippen LogP contribution in [0.15, 0.2) is 69.3 Å². The van der Waals surface area contributed by atoms with Crippen molar-refractivity contribution in [3.8, 4) is 0 Å². The molecule has 0 fully saturated rings. The molecule has 0 rings (SSSR count). The van der Waals surface area contributed by atoms with E-state index in [1.165, 1.54) is 22.0 Å². The van der Waals surface area contributed by atoms with Crippen molar-refractivity contribution in [3.05, 3.63) is 69.3 Å². The van der Waals surface area contributed by atoms with E-state index in [1.54, 1.807) is 0 Å². The lowest BCUT2D eigenvalue weighted by molar-refractivity contribution is 1.64. The molecular formula is C12H18B5Br. The number of allylic oxidation sites excluding steroid dienone is 9. The smallest absolute Gasteiger partial charge is 0.124 e. The van der Waals surface area contributed by atoms with E-state index in [-0.39, 0.29) is 0 Å². The van der Waals surface area contributed by atoms with Crippen LogP contribution >= 0.6 is 15.9 Å². The zero-order valence-electron chi connectivity index (χ0n) is 12.0. The molecule has 0 amide bonds. The minimum Gasteiger partial charge on any atom is -0.124 e. The highest BCUT2D eigenvalue weighted by atomic mass is 79.9. The van der Waals surface area contributed by atoms with Gasteiger partial charge in [-0.15, -0.1) is 12.0 Å². The van der Waals surface area contributed by atoms with Gasteiger partial charge in [0.25, 0.3) is 0 Å². The molecular weight excluding hydrogens is 278 g/mol. The first kappa shape index (κ1) is 17.2. The van der Waals surface area contributed by atoms with Gasteiger partial charge in [-0.3, -0.25) is 0 Å². The predicted octanol–water partition coefficient (Wildman–Crippen LogP) is -0.890. The monoisotopic (exact) mass is 296 g/mol. The number of hydrogen-bond donors (Lipinski definition) is 0. The Labute approximate surface area is 124 Å². The third-order valence-electron chi connectivity index (χ3n) is 2.67. The molecule has 18 heavy (non-hydrogen) atoms. The summed E-state index contributed by atoms with van der Waals surface area (Å²) in [7, 11) is 10.4. The molecule has 0 aromatic carbocycles. The maximum atomic E-state index is 3.33. The zero-order chi connectivity index (χ0) is 14.0. The van der Waals surface area contributed by atoms with Gasteiger partial charge in [0.15, 0.2) is 0 Å². The molecule has 0 atom stereocenters. The van der Waals surface area contributed by atoms with Gasteiger partial charge in [0.05, 0.1) is 0 Å². The molecule has 0 saturated carbocycles. The summed E-state index contributed by atoms with van der Waals surface area (Å²) >= 11 is 3.33. The van der Waals surface area contributed by atoms with Gasteiger partial charge in [0, 0.05) is 0 Å². The highest BCUT2D eigenvalue weighted by Gasteiger charge is 1.93. The van der Waals surface area contributed by atoms with Crippen LogP contribution in [0.1, 0.15) is 0 Å². The van der Waals surface area contributed by atoms with Gasteiger partial charge < -0.3 is 0 Å². The van der Waals surface area contributed by atoms with Gasteiger partial charge in [-0.2, -0.15) is 0 Å². The van der Waals surface area contributed by atoms with Crippen molar-refractivity contribution in [2.75, 3.05) is 0 Å². The van der Waals surface area contributed by atoms with Crippen LogP contribution in [0.5, 0.6) is 0 Å². The Morgan fingerprint density at radius 1 is 0.667 bits per heavy atom. The number of halogens is 1. The third-order valence-corrected chi connectivity index (χ3v) is 2.93. The molecule has 0 radical (unpaired) electrons. The molecule has 0 unspecified atom stereocenters. The maximum absolute atomic E-state index is 3.33. The summed E-state index contributed by atoms with van der Waals surface area (Å²) in [6.45, 7) is 0. The first-order chi connectivity index (χ1) is 8.56. The molecule has 6 heteroatoms. The van der Waals surface area contributed by atoms with E-state index in [0.29, 0.717) is 0 Å². The summed E-state index contributed by atoms with van der Waals surface area (Å²) in [5.74, 6) is 4.12. The highest BCUT2D eigenvalue weighted by molar-refractivity contribution is 9.11. The largest absolute Gasteiger partial charge is 0.140 e. The fraction of sp³-hybridized carbons (Fsp3) is 0. The third kappa shape index (κ3) is 6.85. The molecule has 0 aliphatic rings. The van der Waals surface area contributed by atoms with E-state index in [2.05, 4.69) is 81.8 Å². The molecule has 0 aliphatic heterocycles. The van der Waals surface area contributed by atoms with Crippen LogP contribution in [0.25, 0.3) is 0 Å². The SMILES string of the molecule is B\C=C\C(B)=C(B)/C=C/C(/C=C/Br)=C(B)/C=C/B. The number of rotatable bonds is 5. The second kappa shape index (κ2) is 10.2. The van der Waals surface area contributed by atoms with Crippen molar-refractivity contribution in [2.45, 2.75) is 0 Å². The van der Waals surface area contributed by atoms with Crippen molar-refractivity contribution < 1.29 is 0 Å². The molecule has 0 N–H and O–H groups in total.